The van der Waals surface area contributed by atoms with E-state index < -0.39 is 16.4 Å². The summed E-state index contributed by atoms with van der Waals surface area (Å²) in [4.78, 5) is 10.9. The monoisotopic (exact) mass is 163 g/mol. The van der Waals surface area contributed by atoms with E-state index in [2.05, 4.69) is 0 Å². The van der Waals surface area contributed by atoms with Crippen LogP contribution in [-0.4, -0.2) is 36.1 Å². The van der Waals surface area contributed by atoms with Crippen LogP contribution in [0, 0.1) is 0 Å². The van der Waals surface area contributed by atoms with Gasteiger partial charge in [0.2, 0.25) is 10.3 Å². The molecule has 0 aromatic rings. The molecule has 0 aliphatic carbocycles. The molecule has 1 saturated heterocycles. The van der Waals surface area contributed by atoms with Gasteiger partial charge in [-0.15, -0.1) is 0 Å². The van der Waals surface area contributed by atoms with Gasteiger partial charge >= 0.3 is 6.09 Å². The molecular formula is C4H5NO4S. The lowest BCUT2D eigenvalue weighted by atomic mass is 10.2. The molecule has 0 unspecified atom stereocenters. The summed E-state index contributed by atoms with van der Waals surface area (Å²) in [6.45, 7) is 0.290. The van der Waals surface area contributed by atoms with Crippen molar-refractivity contribution in [1.29, 1.82) is 0 Å². The second-order valence-electron chi connectivity index (χ2n) is 1.81. The summed E-state index contributed by atoms with van der Waals surface area (Å²) in [6, 6.07) is 0. The molecule has 6 heteroatoms. The van der Waals surface area contributed by atoms with Crippen LogP contribution in [0.4, 0.5) is 4.79 Å². The van der Waals surface area contributed by atoms with E-state index in [1.165, 1.54) is 0 Å². The predicted octanol–water partition coefficient (Wildman–Crippen LogP) is -0.621. The molecule has 5 nitrogen and oxygen atoms in total. The molecule has 0 spiro atoms. The Morgan fingerprint density at radius 2 is 2.20 bits per heavy atom. The van der Waals surface area contributed by atoms with Gasteiger partial charge in [0.25, 0.3) is 0 Å². The smallest absolute Gasteiger partial charge is 0.412 e. The molecule has 1 fully saturated rings. The van der Waals surface area contributed by atoms with Crippen molar-refractivity contribution in [3.8, 4) is 0 Å². The molecule has 56 valence electrons. The first kappa shape index (κ1) is 7.07. The van der Waals surface area contributed by atoms with Gasteiger partial charge in [-0.05, 0) is 0 Å². The van der Waals surface area contributed by atoms with Gasteiger partial charge in [0, 0.05) is 13.0 Å². The van der Waals surface area contributed by atoms with Gasteiger partial charge in [0.15, 0.2) is 0 Å². The maximum absolute atomic E-state index is 10.2. The number of carboxylic acid groups (broad SMARTS) is 1. The highest BCUT2D eigenvalue weighted by molar-refractivity contribution is 7.73. The minimum atomic E-state index is -2.36. The lowest BCUT2D eigenvalue weighted by Gasteiger charge is -2.27. The summed E-state index contributed by atoms with van der Waals surface area (Å²) in [5, 5.41) is 8.28. The number of nitrogens with zero attached hydrogens (tertiary/aromatic N) is 1. The molecule has 1 aliphatic rings. The number of amides is 1. The first-order chi connectivity index (χ1) is 4.63. The fourth-order valence-corrected chi connectivity index (χ4v) is 1.30. The third-order valence-electron chi connectivity index (χ3n) is 1.27. The first-order valence-corrected chi connectivity index (χ1v) is 3.66. The van der Waals surface area contributed by atoms with Crippen LogP contribution < -0.4 is 0 Å². The Morgan fingerprint density at radius 3 is 2.30 bits per heavy atom. The molecule has 0 saturated carbocycles. The van der Waals surface area contributed by atoms with Crippen molar-refractivity contribution in [2.24, 2.45) is 0 Å². The van der Waals surface area contributed by atoms with E-state index in [1.807, 2.05) is 0 Å². The normalized spacial score (nSPS) is 16.4. The van der Waals surface area contributed by atoms with E-state index in [0.29, 0.717) is 13.0 Å². The average Bonchev–Trinajstić information content (AvgIpc) is 1.56. The highest BCUT2D eigenvalue weighted by Crippen LogP contribution is 2.08. The Labute approximate surface area is 58.4 Å². The maximum atomic E-state index is 10.2. The van der Waals surface area contributed by atoms with Crippen molar-refractivity contribution in [3.63, 3.8) is 0 Å². The minimum Gasteiger partial charge on any atom is -0.465 e. The van der Waals surface area contributed by atoms with E-state index in [4.69, 9.17) is 5.11 Å². The predicted molar refractivity (Wildman–Crippen MR) is 33.3 cm³/mol. The van der Waals surface area contributed by atoms with Crippen LogP contribution in [0.25, 0.3) is 0 Å². The van der Waals surface area contributed by atoms with Crippen LogP contribution in [0.3, 0.4) is 0 Å². The highest BCUT2D eigenvalue weighted by Gasteiger charge is 2.28. The van der Waals surface area contributed by atoms with Crippen molar-refractivity contribution < 1.29 is 18.3 Å². The van der Waals surface area contributed by atoms with Crippen LogP contribution in [0.15, 0.2) is 0 Å². The molecule has 0 bridgehead atoms. The van der Waals surface area contributed by atoms with Gasteiger partial charge in [-0.2, -0.15) is 8.42 Å². The van der Waals surface area contributed by atoms with E-state index >= 15 is 0 Å². The van der Waals surface area contributed by atoms with Gasteiger partial charge in [-0.3, -0.25) is 4.90 Å². The molecule has 1 N–H and O–H groups in total. The zero-order valence-electron chi connectivity index (χ0n) is 4.94. The summed E-state index contributed by atoms with van der Waals surface area (Å²) in [5.41, 5.74) is 0. The average molecular weight is 163 g/mol. The van der Waals surface area contributed by atoms with E-state index in [1.54, 1.807) is 0 Å². The Hall–Kier alpha value is -1.04. The largest absolute Gasteiger partial charge is 0.465 e. The van der Waals surface area contributed by atoms with E-state index in [-0.39, 0.29) is 4.99 Å². The van der Waals surface area contributed by atoms with Crippen LogP contribution in [0.1, 0.15) is 6.42 Å². The second-order valence-corrected chi connectivity index (χ2v) is 2.75. The van der Waals surface area contributed by atoms with Crippen molar-refractivity contribution in [2.75, 3.05) is 6.54 Å². The molecular weight excluding hydrogens is 158 g/mol. The Morgan fingerprint density at radius 1 is 1.60 bits per heavy atom. The van der Waals surface area contributed by atoms with Crippen molar-refractivity contribution in [1.82, 2.24) is 4.90 Å². The second kappa shape index (κ2) is 2.30. The maximum Gasteiger partial charge on any atom is 0.412 e. The first-order valence-electron chi connectivity index (χ1n) is 2.58. The van der Waals surface area contributed by atoms with Gasteiger partial charge < -0.3 is 5.11 Å². The molecule has 0 atom stereocenters. The fourth-order valence-electron chi connectivity index (χ4n) is 0.691. The lowest BCUT2D eigenvalue weighted by Crippen LogP contribution is -2.47. The van der Waals surface area contributed by atoms with Gasteiger partial charge in [-0.25, -0.2) is 4.79 Å². The Kier molecular flexibility index (Phi) is 1.62. The number of hydrogen-bond donors (Lipinski definition) is 1. The zero-order valence-corrected chi connectivity index (χ0v) is 5.76. The molecule has 1 aliphatic heterocycles. The molecule has 0 aromatic carbocycles. The number of likely N-dealkylation sites (tertiary alicyclic amines) is 1. The lowest BCUT2D eigenvalue weighted by molar-refractivity contribution is 0.163. The Bertz CT molecular complexity index is 282. The van der Waals surface area contributed by atoms with Crippen molar-refractivity contribution in [3.05, 3.63) is 0 Å². The summed E-state index contributed by atoms with van der Waals surface area (Å²) in [7, 11) is -2.36. The third kappa shape index (κ3) is 0.971. The molecule has 0 radical (unpaired) electrons. The Balaban J connectivity index is 2.90. The van der Waals surface area contributed by atoms with Crippen LogP contribution in [0.2, 0.25) is 0 Å². The molecule has 1 amide bonds. The highest BCUT2D eigenvalue weighted by atomic mass is 32.2. The molecule has 1 heterocycles. The van der Waals surface area contributed by atoms with E-state index in [0.717, 1.165) is 4.90 Å². The van der Waals surface area contributed by atoms with Gasteiger partial charge in [0.1, 0.15) is 4.99 Å². The van der Waals surface area contributed by atoms with Crippen LogP contribution in [0.5, 0.6) is 0 Å². The third-order valence-corrected chi connectivity index (χ3v) is 2.08. The van der Waals surface area contributed by atoms with Crippen LogP contribution in [-0.2, 0) is 10.3 Å². The van der Waals surface area contributed by atoms with E-state index in [9.17, 15) is 13.2 Å². The molecule has 10 heavy (non-hydrogen) atoms. The molecule has 1 rings (SSSR count). The molecule has 0 aromatic heterocycles. The number of hydrogen-bond acceptors (Lipinski definition) is 3. The summed E-state index contributed by atoms with van der Waals surface area (Å²) >= 11 is 0. The van der Waals surface area contributed by atoms with Crippen LogP contribution >= 0.6 is 0 Å². The standard InChI is InChI=1S/C4H5NO4S/c6-4(7)5-2-1-3(5)10(8)9/h1-2H2,(H,6,7). The summed E-state index contributed by atoms with van der Waals surface area (Å²) < 4.78 is 20.3. The van der Waals surface area contributed by atoms with Gasteiger partial charge in [-0.1, -0.05) is 0 Å². The minimum absolute atomic E-state index is 0.0347. The fraction of sp³-hybridized carbons (Fsp3) is 0.500. The summed E-state index contributed by atoms with van der Waals surface area (Å²) in [5.74, 6) is 0. The number of carbonyl (C=O) groups is 1. The van der Waals surface area contributed by atoms with Crippen molar-refractivity contribution >= 4 is 21.4 Å². The topological polar surface area (TPSA) is 74.7 Å². The SMILES string of the molecule is O=C(O)N1CCC1=S(=O)=O. The number of rotatable bonds is 0. The van der Waals surface area contributed by atoms with Gasteiger partial charge in [0.05, 0.1) is 0 Å². The summed E-state index contributed by atoms with van der Waals surface area (Å²) in [6.07, 6.45) is -0.868. The zero-order chi connectivity index (χ0) is 7.72. The van der Waals surface area contributed by atoms with Crippen molar-refractivity contribution in [2.45, 2.75) is 6.42 Å². The quantitative estimate of drug-likeness (QED) is 0.483.